The summed E-state index contributed by atoms with van der Waals surface area (Å²) in [7, 11) is 0. The number of aliphatic hydroxyl groups excluding tert-OH is 1. The topological polar surface area (TPSA) is 71.0 Å². The zero-order valence-electron chi connectivity index (χ0n) is 16.1. The number of amides is 1. The molecule has 6 heteroatoms. The minimum absolute atomic E-state index is 0.0495. The quantitative estimate of drug-likeness (QED) is 0.630. The largest absolute Gasteiger partial charge is 0.391 e. The highest BCUT2D eigenvalue weighted by atomic mass is 16.5. The van der Waals surface area contributed by atoms with Crippen molar-refractivity contribution in [3.8, 4) is 0 Å². The maximum atomic E-state index is 11.9. The molecule has 1 aliphatic heterocycles. The van der Waals surface area contributed by atoms with Crippen LogP contribution in [0, 0.1) is 5.92 Å². The Bertz CT molecular complexity index is 589. The van der Waals surface area contributed by atoms with Gasteiger partial charge in [-0.05, 0) is 42.7 Å². The lowest BCUT2D eigenvalue weighted by Crippen LogP contribution is -2.39. The number of morpholine rings is 1. The first-order valence-electron chi connectivity index (χ1n) is 10.1. The van der Waals surface area contributed by atoms with Crippen LogP contribution in [0.1, 0.15) is 24.0 Å². The monoisotopic (exact) mass is 376 g/mol. The van der Waals surface area contributed by atoms with Crippen molar-refractivity contribution in [3.05, 3.63) is 35.4 Å². The molecule has 1 aromatic rings. The van der Waals surface area contributed by atoms with Gasteiger partial charge in [-0.15, -0.1) is 0 Å². The van der Waals surface area contributed by atoms with Crippen molar-refractivity contribution in [1.29, 1.82) is 0 Å². The highest BCUT2D eigenvalue weighted by molar-refractivity contribution is 5.77. The van der Waals surface area contributed by atoms with Gasteiger partial charge in [0.2, 0.25) is 5.91 Å². The number of hydrogen-bond donors (Lipinski definition) is 2. The summed E-state index contributed by atoms with van der Waals surface area (Å²) in [6, 6.07) is 8.55. The maximum absolute atomic E-state index is 11.9. The molecule has 6 nitrogen and oxygen atoms in total. The van der Waals surface area contributed by atoms with Crippen LogP contribution in [0.15, 0.2) is 24.3 Å². The second-order valence-electron chi connectivity index (χ2n) is 7.58. The number of rotatable bonds is 9. The summed E-state index contributed by atoms with van der Waals surface area (Å²) in [5.41, 5.74) is 2.84. The van der Waals surface area contributed by atoms with Crippen LogP contribution in [0.5, 0.6) is 0 Å². The van der Waals surface area contributed by atoms with Crippen molar-refractivity contribution < 1.29 is 19.4 Å². The number of nitrogens with one attached hydrogen (secondary N) is 1. The highest BCUT2D eigenvalue weighted by Crippen LogP contribution is 2.28. The lowest BCUT2D eigenvalue weighted by molar-refractivity contribution is -0.126. The molecular weight excluding hydrogens is 344 g/mol. The van der Waals surface area contributed by atoms with Crippen LogP contribution < -0.4 is 5.32 Å². The zero-order chi connectivity index (χ0) is 18.9. The third kappa shape index (κ3) is 6.88. The number of benzene rings is 1. The third-order valence-electron chi connectivity index (χ3n) is 5.48. The summed E-state index contributed by atoms with van der Waals surface area (Å²) in [6.07, 6.45) is 3.43. The van der Waals surface area contributed by atoms with E-state index >= 15 is 0 Å². The van der Waals surface area contributed by atoms with E-state index in [0.29, 0.717) is 19.1 Å². The van der Waals surface area contributed by atoms with Gasteiger partial charge in [0.05, 0.1) is 25.9 Å². The minimum Gasteiger partial charge on any atom is -0.391 e. The number of aryl methyl sites for hydroxylation is 1. The molecule has 150 valence electrons. The molecule has 0 radical (unpaired) electrons. The average Bonchev–Trinajstić information content (AvgIpc) is 2.70. The van der Waals surface area contributed by atoms with E-state index in [1.54, 1.807) is 0 Å². The van der Waals surface area contributed by atoms with Gasteiger partial charge < -0.3 is 19.9 Å². The summed E-state index contributed by atoms with van der Waals surface area (Å²) in [4.78, 5) is 14.1. The normalized spacial score (nSPS) is 21.4. The van der Waals surface area contributed by atoms with Gasteiger partial charge in [0.25, 0.3) is 0 Å². The molecule has 1 fully saturated rings. The molecule has 2 aliphatic rings. The zero-order valence-corrected chi connectivity index (χ0v) is 16.1. The summed E-state index contributed by atoms with van der Waals surface area (Å²) in [5.74, 6) is 0.321. The molecule has 0 saturated carbocycles. The molecule has 3 rings (SSSR count). The first-order chi connectivity index (χ1) is 13.2. The van der Waals surface area contributed by atoms with Gasteiger partial charge in [0, 0.05) is 26.2 Å². The average molecular weight is 376 g/mol. The van der Waals surface area contributed by atoms with Crippen molar-refractivity contribution in [2.24, 2.45) is 5.92 Å². The van der Waals surface area contributed by atoms with Crippen LogP contribution in [-0.2, 0) is 27.1 Å². The summed E-state index contributed by atoms with van der Waals surface area (Å²) in [5, 5.41) is 13.0. The summed E-state index contributed by atoms with van der Waals surface area (Å²) in [6.45, 7) is 5.09. The molecule has 2 unspecified atom stereocenters. The predicted octanol–water partition coefficient (Wildman–Crippen LogP) is 1.01. The Hall–Kier alpha value is -1.47. The lowest BCUT2D eigenvalue weighted by atomic mass is 9.81. The van der Waals surface area contributed by atoms with Crippen LogP contribution in [0.4, 0.5) is 0 Å². The smallest absolute Gasteiger partial charge is 0.246 e. The third-order valence-corrected chi connectivity index (χ3v) is 5.48. The number of carbonyl (C=O) groups excluding carboxylic acids is 1. The number of fused-ring (bicyclic) bond motifs is 1. The fourth-order valence-electron chi connectivity index (χ4n) is 3.91. The van der Waals surface area contributed by atoms with Gasteiger partial charge in [-0.2, -0.15) is 0 Å². The van der Waals surface area contributed by atoms with Crippen molar-refractivity contribution in [1.82, 2.24) is 10.2 Å². The molecule has 0 bridgehead atoms. The summed E-state index contributed by atoms with van der Waals surface area (Å²) < 4.78 is 10.7. The Morgan fingerprint density at radius 3 is 2.89 bits per heavy atom. The van der Waals surface area contributed by atoms with Gasteiger partial charge in [0.1, 0.15) is 6.61 Å². The van der Waals surface area contributed by atoms with Crippen LogP contribution in [0.2, 0.25) is 0 Å². The molecule has 2 N–H and O–H groups in total. The van der Waals surface area contributed by atoms with Gasteiger partial charge >= 0.3 is 0 Å². The van der Waals surface area contributed by atoms with E-state index in [1.165, 1.54) is 11.1 Å². The lowest BCUT2D eigenvalue weighted by Gasteiger charge is -2.26. The Morgan fingerprint density at radius 2 is 2.07 bits per heavy atom. The molecule has 0 spiro atoms. The van der Waals surface area contributed by atoms with Crippen molar-refractivity contribution in [2.75, 3.05) is 52.6 Å². The Morgan fingerprint density at radius 1 is 1.30 bits per heavy atom. The SMILES string of the molecule is O=C(COCCN1CCOCC1)NCC(O)CC1CCc2ccccc2C1. The van der Waals surface area contributed by atoms with E-state index in [2.05, 4.69) is 34.5 Å². The van der Waals surface area contributed by atoms with Gasteiger partial charge in [-0.25, -0.2) is 0 Å². The number of ether oxygens (including phenoxy) is 2. The van der Waals surface area contributed by atoms with Crippen LogP contribution in [-0.4, -0.2) is 74.6 Å². The predicted molar refractivity (Wildman–Crippen MR) is 104 cm³/mol. The second kappa shape index (κ2) is 10.8. The van der Waals surface area contributed by atoms with Crippen molar-refractivity contribution in [2.45, 2.75) is 31.8 Å². The van der Waals surface area contributed by atoms with E-state index in [4.69, 9.17) is 9.47 Å². The van der Waals surface area contributed by atoms with Gasteiger partial charge in [0.15, 0.2) is 0 Å². The van der Waals surface area contributed by atoms with E-state index in [0.717, 1.165) is 58.5 Å². The van der Waals surface area contributed by atoms with Crippen LogP contribution in [0.25, 0.3) is 0 Å². The Balaban J connectivity index is 1.25. The Labute approximate surface area is 161 Å². The van der Waals surface area contributed by atoms with Crippen LogP contribution >= 0.6 is 0 Å². The minimum atomic E-state index is -0.502. The number of aliphatic hydroxyl groups is 1. The number of nitrogens with zero attached hydrogens (tertiary/aromatic N) is 1. The fraction of sp³-hybridized carbons (Fsp3) is 0.667. The molecule has 1 amide bonds. The first kappa shape index (κ1) is 20.3. The maximum Gasteiger partial charge on any atom is 0.246 e. The van der Waals surface area contributed by atoms with E-state index < -0.39 is 6.10 Å². The molecule has 1 heterocycles. The van der Waals surface area contributed by atoms with Gasteiger partial charge in [-0.1, -0.05) is 24.3 Å². The molecule has 0 aromatic heterocycles. The molecule has 1 aliphatic carbocycles. The van der Waals surface area contributed by atoms with Crippen molar-refractivity contribution in [3.63, 3.8) is 0 Å². The standard InChI is InChI=1S/C21H32N2O4/c24-20(14-17-5-6-18-3-1-2-4-19(18)13-17)15-22-21(25)16-27-12-9-23-7-10-26-11-8-23/h1-4,17,20,24H,5-16H2,(H,22,25). The molecule has 1 aromatic carbocycles. The molecular formula is C21H32N2O4. The molecule has 27 heavy (non-hydrogen) atoms. The van der Waals surface area contributed by atoms with Crippen LogP contribution in [0.3, 0.4) is 0 Å². The summed E-state index contributed by atoms with van der Waals surface area (Å²) >= 11 is 0. The fourth-order valence-corrected chi connectivity index (χ4v) is 3.91. The first-order valence-corrected chi connectivity index (χ1v) is 10.1. The van der Waals surface area contributed by atoms with Gasteiger partial charge in [-0.3, -0.25) is 9.69 Å². The van der Waals surface area contributed by atoms with Crippen molar-refractivity contribution >= 4 is 5.91 Å². The number of carbonyl (C=O) groups is 1. The Kier molecular flexibility index (Phi) is 8.08. The van der Waals surface area contributed by atoms with E-state index in [1.807, 2.05) is 0 Å². The van der Waals surface area contributed by atoms with E-state index in [9.17, 15) is 9.90 Å². The second-order valence-corrected chi connectivity index (χ2v) is 7.58. The highest BCUT2D eigenvalue weighted by Gasteiger charge is 2.21. The van der Waals surface area contributed by atoms with E-state index in [-0.39, 0.29) is 12.5 Å². The molecule has 2 atom stereocenters. The molecule has 1 saturated heterocycles. The number of hydrogen-bond acceptors (Lipinski definition) is 5.